The van der Waals surface area contributed by atoms with Crippen molar-refractivity contribution in [3.05, 3.63) is 35.6 Å². The van der Waals surface area contributed by atoms with E-state index in [1.165, 1.54) is 6.07 Å². The lowest BCUT2D eigenvalue weighted by atomic mass is 10.0. The fourth-order valence-corrected chi connectivity index (χ4v) is 2.35. The van der Waals surface area contributed by atoms with E-state index in [0.717, 1.165) is 25.9 Å². The number of hydrogen-bond donors (Lipinski definition) is 1. The third-order valence-electron chi connectivity index (χ3n) is 3.56. The van der Waals surface area contributed by atoms with E-state index in [1.54, 1.807) is 12.1 Å². The largest absolute Gasteiger partial charge is 0.376 e. The van der Waals surface area contributed by atoms with Gasteiger partial charge in [-0.3, -0.25) is 0 Å². The zero-order valence-corrected chi connectivity index (χ0v) is 11.3. The van der Waals surface area contributed by atoms with Gasteiger partial charge in [0.2, 0.25) is 0 Å². The van der Waals surface area contributed by atoms with Gasteiger partial charge in [-0.15, -0.1) is 0 Å². The van der Waals surface area contributed by atoms with Crippen LogP contribution in [0.3, 0.4) is 0 Å². The SMILES string of the molecule is CCC(N)C(OCC1CCCO1)c1ccccc1F. The molecule has 0 spiro atoms. The lowest BCUT2D eigenvalue weighted by Crippen LogP contribution is -2.32. The average molecular weight is 267 g/mol. The van der Waals surface area contributed by atoms with Crippen LogP contribution < -0.4 is 5.73 Å². The van der Waals surface area contributed by atoms with Gasteiger partial charge in [-0.1, -0.05) is 25.1 Å². The van der Waals surface area contributed by atoms with Crippen LogP contribution >= 0.6 is 0 Å². The van der Waals surface area contributed by atoms with Gasteiger partial charge in [0.05, 0.1) is 12.7 Å². The summed E-state index contributed by atoms with van der Waals surface area (Å²) in [5, 5.41) is 0. The van der Waals surface area contributed by atoms with Gasteiger partial charge in [0, 0.05) is 18.2 Å². The molecule has 4 heteroatoms. The van der Waals surface area contributed by atoms with Crippen molar-refractivity contribution >= 4 is 0 Å². The zero-order valence-electron chi connectivity index (χ0n) is 11.3. The molecule has 3 nitrogen and oxygen atoms in total. The van der Waals surface area contributed by atoms with E-state index in [1.807, 2.05) is 13.0 Å². The van der Waals surface area contributed by atoms with Crippen molar-refractivity contribution in [2.45, 2.75) is 44.4 Å². The first-order chi connectivity index (χ1) is 9.22. The van der Waals surface area contributed by atoms with Crippen LogP contribution in [0.1, 0.15) is 37.9 Å². The summed E-state index contributed by atoms with van der Waals surface area (Å²) in [5.41, 5.74) is 6.61. The molecule has 1 fully saturated rings. The molecule has 0 saturated carbocycles. The fraction of sp³-hybridized carbons (Fsp3) is 0.600. The molecule has 1 aromatic carbocycles. The number of halogens is 1. The Hall–Kier alpha value is -0.970. The summed E-state index contributed by atoms with van der Waals surface area (Å²) in [6.07, 6.45) is 2.53. The Morgan fingerprint density at radius 3 is 2.89 bits per heavy atom. The summed E-state index contributed by atoms with van der Waals surface area (Å²) in [6.45, 7) is 3.25. The predicted molar refractivity (Wildman–Crippen MR) is 72.3 cm³/mol. The van der Waals surface area contributed by atoms with E-state index >= 15 is 0 Å². The lowest BCUT2D eigenvalue weighted by Gasteiger charge is -2.25. The summed E-state index contributed by atoms with van der Waals surface area (Å²) in [6, 6.07) is 6.46. The maximum atomic E-state index is 13.9. The fourth-order valence-electron chi connectivity index (χ4n) is 2.35. The van der Waals surface area contributed by atoms with Crippen molar-refractivity contribution < 1.29 is 13.9 Å². The Morgan fingerprint density at radius 2 is 2.26 bits per heavy atom. The number of benzene rings is 1. The highest BCUT2D eigenvalue weighted by molar-refractivity contribution is 5.21. The molecular formula is C15H22FNO2. The van der Waals surface area contributed by atoms with Crippen molar-refractivity contribution in [2.24, 2.45) is 5.73 Å². The minimum absolute atomic E-state index is 0.123. The Bertz CT molecular complexity index is 393. The second-order valence-electron chi connectivity index (χ2n) is 4.98. The minimum Gasteiger partial charge on any atom is -0.376 e. The normalized spacial score (nSPS) is 22.4. The van der Waals surface area contributed by atoms with E-state index in [9.17, 15) is 4.39 Å². The Morgan fingerprint density at radius 1 is 1.47 bits per heavy atom. The van der Waals surface area contributed by atoms with Crippen molar-refractivity contribution in [1.82, 2.24) is 0 Å². The molecule has 0 bridgehead atoms. The van der Waals surface area contributed by atoms with Gasteiger partial charge >= 0.3 is 0 Å². The van der Waals surface area contributed by atoms with Gasteiger partial charge in [-0.25, -0.2) is 4.39 Å². The third-order valence-corrected chi connectivity index (χ3v) is 3.56. The standard InChI is InChI=1S/C15H22FNO2/c1-2-14(17)15(12-7-3-4-8-13(12)16)19-10-11-6-5-9-18-11/h3-4,7-8,11,14-15H,2,5-6,9-10,17H2,1H3. The van der Waals surface area contributed by atoms with E-state index in [4.69, 9.17) is 15.2 Å². The van der Waals surface area contributed by atoms with E-state index in [0.29, 0.717) is 12.2 Å². The second kappa shape index (κ2) is 6.98. The summed E-state index contributed by atoms with van der Waals surface area (Å²) < 4.78 is 25.2. The highest BCUT2D eigenvalue weighted by Crippen LogP contribution is 2.26. The monoisotopic (exact) mass is 267 g/mol. The highest BCUT2D eigenvalue weighted by Gasteiger charge is 2.25. The molecule has 1 aromatic rings. The van der Waals surface area contributed by atoms with Gasteiger partial charge in [-0.05, 0) is 25.3 Å². The van der Waals surface area contributed by atoms with Gasteiger partial charge < -0.3 is 15.2 Å². The molecule has 106 valence electrons. The average Bonchev–Trinajstić information content (AvgIpc) is 2.93. The van der Waals surface area contributed by atoms with Gasteiger partial charge in [0.25, 0.3) is 0 Å². The van der Waals surface area contributed by atoms with Crippen LogP contribution in [0, 0.1) is 5.82 Å². The van der Waals surface area contributed by atoms with Crippen molar-refractivity contribution in [3.63, 3.8) is 0 Å². The Labute approximate surface area is 113 Å². The molecule has 1 saturated heterocycles. The first kappa shape index (κ1) is 14.4. The van der Waals surface area contributed by atoms with Crippen LogP contribution in [0.4, 0.5) is 4.39 Å². The maximum absolute atomic E-state index is 13.9. The summed E-state index contributed by atoms with van der Waals surface area (Å²) in [4.78, 5) is 0. The van der Waals surface area contributed by atoms with Crippen LogP contribution in [0.25, 0.3) is 0 Å². The maximum Gasteiger partial charge on any atom is 0.129 e. The molecule has 1 aliphatic heterocycles. The number of nitrogens with two attached hydrogens (primary N) is 1. The van der Waals surface area contributed by atoms with Crippen LogP contribution in [0.15, 0.2) is 24.3 Å². The predicted octanol–water partition coefficient (Wildman–Crippen LogP) is 2.80. The zero-order chi connectivity index (χ0) is 13.7. The number of ether oxygens (including phenoxy) is 2. The Balaban J connectivity index is 2.05. The highest BCUT2D eigenvalue weighted by atomic mass is 19.1. The molecule has 2 rings (SSSR count). The molecule has 0 radical (unpaired) electrons. The number of rotatable bonds is 6. The quantitative estimate of drug-likeness (QED) is 0.862. The number of hydrogen-bond acceptors (Lipinski definition) is 3. The van der Waals surface area contributed by atoms with E-state index in [2.05, 4.69) is 0 Å². The molecule has 1 heterocycles. The van der Waals surface area contributed by atoms with Crippen molar-refractivity contribution in [2.75, 3.05) is 13.2 Å². The van der Waals surface area contributed by atoms with Crippen molar-refractivity contribution in [1.29, 1.82) is 0 Å². The van der Waals surface area contributed by atoms with Crippen LogP contribution in [0.5, 0.6) is 0 Å². The topological polar surface area (TPSA) is 44.5 Å². The molecule has 3 unspecified atom stereocenters. The van der Waals surface area contributed by atoms with Crippen LogP contribution in [-0.2, 0) is 9.47 Å². The molecule has 0 aromatic heterocycles. The molecule has 0 aliphatic carbocycles. The minimum atomic E-state index is -0.407. The van der Waals surface area contributed by atoms with E-state index < -0.39 is 6.10 Å². The molecule has 1 aliphatic rings. The lowest BCUT2D eigenvalue weighted by molar-refractivity contribution is -0.0322. The third kappa shape index (κ3) is 3.75. The summed E-state index contributed by atoms with van der Waals surface area (Å²) in [5.74, 6) is -0.260. The van der Waals surface area contributed by atoms with Gasteiger partial charge in [0.15, 0.2) is 0 Å². The first-order valence-electron chi connectivity index (χ1n) is 6.95. The first-order valence-corrected chi connectivity index (χ1v) is 6.95. The summed E-state index contributed by atoms with van der Waals surface area (Å²) >= 11 is 0. The van der Waals surface area contributed by atoms with Crippen LogP contribution in [0.2, 0.25) is 0 Å². The molecule has 19 heavy (non-hydrogen) atoms. The molecule has 0 amide bonds. The van der Waals surface area contributed by atoms with Gasteiger partial charge in [-0.2, -0.15) is 0 Å². The summed E-state index contributed by atoms with van der Waals surface area (Å²) in [7, 11) is 0. The van der Waals surface area contributed by atoms with Gasteiger partial charge in [0.1, 0.15) is 11.9 Å². The molecule has 2 N–H and O–H groups in total. The smallest absolute Gasteiger partial charge is 0.129 e. The molecular weight excluding hydrogens is 245 g/mol. The second-order valence-corrected chi connectivity index (χ2v) is 4.98. The van der Waals surface area contributed by atoms with E-state index in [-0.39, 0.29) is 18.0 Å². The van der Waals surface area contributed by atoms with Crippen LogP contribution in [-0.4, -0.2) is 25.4 Å². The molecule has 3 atom stereocenters. The van der Waals surface area contributed by atoms with Crippen molar-refractivity contribution in [3.8, 4) is 0 Å². The Kier molecular flexibility index (Phi) is 5.31.